The third kappa shape index (κ3) is 2.87. The van der Waals surface area contributed by atoms with Gasteiger partial charge in [0.15, 0.2) is 0 Å². The van der Waals surface area contributed by atoms with Crippen molar-refractivity contribution in [1.29, 1.82) is 0 Å². The molecule has 2 atom stereocenters. The highest BCUT2D eigenvalue weighted by atomic mass is 19.4. The maximum absolute atomic E-state index is 12.5. The molecule has 0 bridgehead atoms. The Bertz CT molecular complexity index is 983. The van der Waals surface area contributed by atoms with Gasteiger partial charge in [-0.3, -0.25) is 4.79 Å². The number of alkyl halides is 3. The van der Waals surface area contributed by atoms with Crippen molar-refractivity contribution in [2.24, 2.45) is 0 Å². The van der Waals surface area contributed by atoms with Gasteiger partial charge in [0.25, 0.3) is 5.56 Å². The van der Waals surface area contributed by atoms with Crippen molar-refractivity contribution in [3.8, 4) is 11.4 Å². The Labute approximate surface area is 144 Å². The van der Waals surface area contributed by atoms with Crippen LogP contribution in [0.4, 0.5) is 13.2 Å². The minimum Gasteiger partial charge on any atom is -0.329 e. The fourth-order valence-corrected chi connectivity index (χ4v) is 2.98. The first kappa shape index (κ1) is 16.4. The molecule has 0 amide bonds. The summed E-state index contributed by atoms with van der Waals surface area (Å²) in [5.41, 5.74) is -0.191. The molecule has 10 heteroatoms. The van der Waals surface area contributed by atoms with Crippen LogP contribution in [0.3, 0.4) is 0 Å². The second kappa shape index (κ2) is 6.04. The van der Waals surface area contributed by atoms with Gasteiger partial charge in [-0.15, -0.1) is 0 Å². The molecule has 0 aromatic carbocycles. The highest BCUT2D eigenvalue weighted by molar-refractivity contribution is 5.52. The molecule has 1 aliphatic rings. The van der Waals surface area contributed by atoms with Gasteiger partial charge < -0.3 is 9.09 Å². The van der Waals surface area contributed by atoms with Crippen LogP contribution in [0.15, 0.2) is 46.1 Å². The second-order valence-corrected chi connectivity index (χ2v) is 5.94. The molecular formula is C16H12F3N5O2. The van der Waals surface area contributed by atoms with Crippen LogP contribution < -0.4 is 5.56 Å². The summed E-state index contributed by atoms with van der Waals surface area (Å²) >= 11 is 0. The Morgan fingerprint density at radius 2 is 1.96 bits per heavy atom. The minimum atomic E-state index is -4.73. The summed E-state index contributed by atoms with van der Waals surface area (Å²) in [6, 6.07) is 4.33. The van der Waals surface area contributed by atoms with Crippen LogP contribution in [0.5, 0.6) is 0 Å². The minimum absolute atomic E-state index is 0.0294. The van der Waals surface area contributed by atoms with Crippen molar-refractivity contribution < 1.29 is 17.7 Å². The van der Waals surface area contributed by atoms with Crippen molar-refractivity contribution in [3.05, 3.63) is 58.9 Å². The smallest absolute Gasteiger partial charge is 0.329 e. The average molecular weight is 363 g/mol. The Hall–Kier alpha value is -3.04. The Kier molecular flexibility index (Phi) is 3.82. The number of pyridine rings is 1. The molecule has 1 aliphatic carbocycles. The number of halogens is 3. The molecule has 0 radical (unpaired) electrons. The topological polar surface area (TPSA) is 86.7 Å². The van der Waals surface area contributed by atoms with E-state index >= 15 is 0 Å². The van der Waals surface area contributed by atoms with Gasteiger partial charge in [0.2, 0.25) is 5.82 Å². The predicted molar refractivity (Wildman–Crippen MR) is 82.0 cm³/mol. The number of rotatable bonds is 3. The van der Waals surface area contributed by atoms with Crippen LogP contribution in [-0.4, -0.2) is 24.7 Å². The van der Waals surface area contributed by atoms with Gasteiger partial charge in [-0.25, -0.2) is 9.97 Å². The van der Waals surface area contributed by atoms with E-state index in [4.69, 9.17) is 0 Å². The molecule has 0 N–H and O–H groups in total. The van der Waals surface area contributed by atoms with E-state index in [9.17, 15) is 18.0 Å². The third-order valence-electron chi connectivity index (χ3n) is 4.39. The molecule has 1 fully saturated rings. The molecule has 26 heavy (non-hydrogen) atoms. The molecular weight excluding hydrogens is 351 g/mol. The van der Waals surface area contributed by atoms with E-state index in [1.54, 1.807) is 23.0 Å². The van der Waals surface area contributed by atoms with Crippen LogP contribution in [-0.2, 0) is 6.18 Å². The van der Waals surface area contributed by atoms with E-state index in [1.165, 1.54) is 18.3 Å². The van der Waals surface area contributed by atoms with Crippen LogP contribution in [0.25, 0.3) is 11.4 Å². The van der Waals surface area contributed by atoms with Gasteiger partial charge in [-0.05, 0) is 25.0 Å². The highest BCUT2D eigenvalue weighted by Gasteiger charge is 2.39. The van der Waals surface area contributed by atoms with Gasteiger partial charge in [-0.1, -0.05) is 5.16 Å². The van der Waals surface area contributed by atoms with Gasteiger partial charge >= 0.3 is 12.1 Å². The molecule has 0 spiro atoms. The predicted octanol–water partition coefficient (Wildman–Crippen LogP) is 2.83. The van der Waals surface area contributed by atoms with Gasteiger partial charge in [0.05, 0.1) is 0 Å². The SMILES string of the molecule is O=c1cc(-c2noc(C(F)(F)F)n2)ccn1C1CC[C@H]1c1ncccn1. The maximum atomic E-state index is 12.5. The normalized spacial score (nSPS) is 20.0. The van der Waals surface area contributed by atoms with Crippen molar-refractivity contribution in [2.75, 3.05) is 0 Å². The molecule has 134 valence electrons. The maximum Gasteiger partial charge on any atom is 0.471 e. The summed E-state index contributed by atoms with van der Waals surface area (Å²) in [6.45, 7) is 0. The van der Waals surface area contributed by atoms with E-state index < -0.39 is 12.1 Å². The van der Waals surface area contributed by atoms with E-state index in [0.29, 0.717) is 5.82 Å². The van der Waals surface area contributed by atoms with Crippen molar-refractivity contribution in [3.63, 3.8) is 0 Å². The van der Waals surface area contributed by atoms with Gasteiger partial charge in [0, 0.05) is 42.2 Å². The average Bonchev–Trinajstić information content (AvgIpc) is 3.07. The van der Waals surface area contributed by atoms with E-state index in [0.717, 1.165) is 12.8 Å². The van der Waals surface area contributed by atoms with Crippen LogP contribution in [0.1, 0.15) is 36.5 Å². The van der Waals surface area contributed by atoms with E-state index in [1.807, 2.05) is 0 Å². The summed E-state index contributed by atoms with van der Waals surface area (Å²) in [6.07, 6.45) is 1.76. The summed E-state index contributed by atoms with van der Waals surface area (Å²) in [5.74, 6) is -1.02. The fourth-order valence-electron chi connectivity index (χ4n) is 2.98. The zero-order chi connectivity index (χ0) is 18.3. The summed E-state index contributed by atoms with van der Waals surface area (Å²) in [4.78, 5) is 24.2. The number of hydrogen-bond donors (Lipinski definition) is 0. The third-order valence-corrected chi connectivity index (χ3v) is 4.39. The first-order chi connectivity index (χ1) is 12.4. The number of nitrogens with zero attached hydrogens (tertiary/aromatic N) is 5. The van der Waals surface area contributed by atoms with Gasteiger partial charge in [0.1, 0.15) is 5.82 Å². The van der Waals surface area contributed by atoms with Crippen molar-refractivity contribution in [2.45, 2.75) is 31.0 Å². The first-order valence-corrected chi connectivity index (χ1v) is 7.84. The molecule has 3 aromatic rings. The molecule has 0 aliphatic heterocycles. The summed E-state index contributed by atoms with van der Waals surface area (Å²) in [5, 5.41) is 3.29. The summed E-state index contributed by atoms with van der Waals surface area (Å²) in [7, 11) is 0. The van der Waals surface area contributed by atoms with Crippen molar-refractivity contribution >= 4 is 0 Å². The fraction of sp³-hybridized carbons (Fsp3) is 0.312. The van der Waals surface area contributed by atoms with Crippen LogP contribution in [0.2, 0.25) is 0 Å². The number of hydrogen-bond acceptors (Lipinski definition) is 6. The zero-order valence-electron chi connectivity index (χ0n) is 13.2. The van der Waals surface area contributed by atoms with E-state index in [-0.39, 0.29) is 28.9 Å². The molecule has 7 nitrogen and oxygen atoms in total. The first-order valence-electron chi connectivity index (χ1n) is 7.84. The van der Waals surface area contributed by atoms with Gasteiger partial charge in [-0.2, -0.15) is 18.2 Å². The standard InChI is InChI=1S/C16H12F3N5O2/c17-16(18,19)15-22-13(23-26-15)9-4-7-24(12(25)8-9)11-3-2-10(11)14-20-5-1-6-21-14/h1,4-8,10-11H,2-3H2/t10-,11?/m1/s1. The Balaban J connectivity index is 1.61. The van der Waals surface area contributed by atoms with E-state index in [2.05, 4.69) is 24.6 Å². The molecule has 4 rings (SSSR count). The molecule has 1 unspecified atom stereocenters. The second-order valence-electron chi connectivity index (χ2n) is 5.94. The lowest BCUT2D eigenvalue weighted by Crippen LogP contribution is -2.34. The number of aromatic nitrogens is 5. The highest BCUT2D eigenvalue weighted by Crippen LogP contribution is 2.43. The van der Waals surface area contributed by atoms with Crippen LogP contribution >= 0.6 is 0 Å². The monoisotopic (exact) mass is 363 g/mol. The molecule has 0 saturated heterocycles. The molecule has 1 saturated carbocycles. The summed E-state index contributed by atoms with van der Waals surface area (Å²) < 4.78 is 43.4. The lowest BCUT2D eigenvalue weighted by molar-refractivity contribution is -0.159. The lowest BCUT2D eigenvalue weighted by Gasteiger charge is -2.36. The van der Waals surface area contributed by atoms with Crippen LogP contribution in [0, 0.1) is 0 Å². The zero-order valence-corrected chi connectivity index (χ0v) is 13.2. The quantitative estimate of drug-likeness (QED) is 0.711. The Morgan fingerprint density at radius 3 is 2.54 bits per heavy atom. The van der Waals surface area contributed by atoms with Crippen molar-refractivity contribution in [1.82, 2.24) is 24.7 Å². The molecule has 3 heterocycles. The Morgan fingerprint density at radius 1 is 1.19 bits per heavy atom. The lowest BCUT2D eigenvalue weighted by atomic mass is 9.78. The largest absolute Gasteiger partial charge is 0.471 e. The molecule has 3 aromatic heterocycles.